The van der Waals surface area contributed by atoms with E-state index in [9.17, 15) is 10.1 Å². The SMILES string of the molecule is CC(CNc1ccc([N+](=O)[O-])cc1N)N(C)C. The predicted molar refractivity (Wildman–Crippen MR) is 69.1 cm³/mol. The van der Waals surface area contributed by atoms with Gasteiger partial charge in [-0.05, 0) is 27.1 Å². The van der Waals surface area contributed by atoms with Crippen molar-refractivity contribution in [1.82, 2.24) is 4.90 Å². The van der Waals surface area contributed by atoms with E-state index in [1.807, 2.05) is 14.1 Å². The highest BCUT2D eigenvalue weighted by Gasteiger charge is 2.09. The summed E-state index contributed by atoms with van der Waals surface area (Å²) in [7, 11) is 3.98. The molecule has 0 heterocycles. The molecule has 1 aromatic carbocycles. The van der Waals surface area contributed by atoms with E-state index >= 15 is 0 Å². The number of nitrogens with two attached hydrogens (primary N) is 1. The quantitative estimate of drug-likeness (QED) is 0.462. The zero-order valence-corrected chi connectivity index (χ0v) is 10.3. The van der Waals surface area contributed by atoms with Gasteiger partial charge in [-0.3, -0.25) is 10.1 Å². The lowest BCUT2D eigenvalue weighted by molar-refractivity contribution is -0.384. The van der Waals surface area contributed by atoms with Gasteiger partial charge in [0.2, 0.25) is 0 Å². The zero-order chi connectivity index (χ0) is 13.0. The monoisotopic (exact) mass is 238 g/mol. The van der Waals surface area contributed by atoms with Crippen molar-refractivity contribution in [2.75, 3.05) is 31.7 Å². The maximum atomic E-state index is 10.5. The van der Waals surface area contributed by atoms with Crippen molar-refractivity contribution < 1.29 is 4.92 Å². The zero-order valence-electron chi connectivity index (χ0n) is 10.3. The van der Waals surface area contributed by atoms with Gasteiger partial charge in [-0.25, -0.2) is 0 Å². The molecule has 0 aliphatic heterocycles. The van der Waals surface area contributed by atoms with Crippen molar-refractivity contribution in [1.29, 1.82) is 0 Å². The van der Waals surface area contributed by atoms with Gasteiger partial charge in [0, 0.05) is 24.7 Å². The number of benzene rings is 1. The first-order valence-electron chi connectivity index (χ1n) is 5.36. The number of hydrogen-bond donors (Lipinski definition) is 2. The van der Waals surface area contributed by atoms with Crippen LogP contribution in [0.25, 0.3) is 0 Å². The van der Waals surface area contributed by atoms with Crippen LogP contribution in [0.3, 0.4) is 0 Å². The fraction of sp³-hybridized carbons (Fsp3) is 0.455. The minimum atomic E-state index is -0.456. The molecule has 0 fully saturated rings. The molecule has 3 N–H and O–H groups in total. The number of nitro benzene ring substituents is 1. The summed E-state index contributed by atoms with van der Waals surface area (Å²) in [5.74, 6) is 0. The third-order valence-corrected chi connectivity index (χ3v) is 2.72. The molecule has 0 amide bonds. The van der Waals surface area contributed by atoms with Crippen LogP contribution in [0.2, 0.25) is 0 Å². The Bertz CT molecular complexity index is 406. The Balaban J connectivity index is 2.70. The smallest absolute Gasteiger partial charge is 0.271 e. The summed E-state index contributed by atoms with van der Waals surface area (Å²) in [5, 5.41) is 13.7. The second-order valence-corrected chi connectivity index (χ2v) is 4.22. The average molecular weight is 238 g/mol. The van der Waals surface area contributed by atoms with Gasteiger partial charge < -0.3 is 16.0 Å². The summed E-state index contributed by atoms with van der Waals surface area (Å²) >= 11 is 0. The Morgan fingerprint density at radius 3 is 2.65 bits per heavy atom. The third kappa shape index (κ3) is 3.60. The number of non-ortho nitro benzene ring substituents is 1. The van der Waals surface area contributed by atoms with E-state index in [0.717, 1.165) is 12.2 Å². The Kier molecular flexibility index (Phi) is 4.28. The minimum absolute atomic E-state index is 0.00806. The van der Waals surface area contributed by atoms with Gasteiger partial charge in [-0.2, -0.15) is 0 Å². The molecule has 0 saturated heterocycles. The van der Waals surface area contributed by atoms with Crippen LogP contribution >= 0.6 is 0 Å². The van der Waals surface area contributed by atoms with Crippen LogP contribution in [0, 0.1) is 10.1 Å². The molecule has 0 bridgehead atoms. The third-order valence-electron chi connectivity index (χ3n) is 2.72. The molecule has 1 rings (SSSR count). The standard InChI is InChI=1S/C11H18N4O2/c1-8(14(2)3)7-13-11-5-4-9(15(16)17)6-10(11)12/h4-6,8,13H,7,12H2,1-3H3. The first-order valence-corrected chi connectivity index (χ1v) is 5.36. The minimum Gasteiger partial charge on any atom is -0.397 e. The Labute approximate surface area is 101 Å². The van der Waals surface area contributed by atoms with Gasteiger partial charge in [-0.1, -0.05) is 0 Å². The predicted octanol–water partition coefficient (Wildman–Crippen LogP) is 1.54. The van der Waals surface area contributed by atoms with E-state index in [2.05, 4.69) is 17.1 Å². The maximum absolute atomic E-state index is 10.5. The number of hydrogen-bond acceptors (Lipinski definition) is 5. The van der Waals surface area contributed by atoms with Crippen LogP contribution in [0.4, 0.5) is 17.1 Å². The summed E-state index contributed by atoms with van der Waals surface area (Å²) in [6, 6.07) is 4.79. The highest BCUT2D eigenvalue weighted by Crippen LogP contribution is 2.23. The van der Waals surface area contributed by atoms with Gasteiger partial charge >= 0.3 is 0 Å². The lowest BCUT2D eigenvalue weighted by Gasteiger charge is -2.21. The molecule has 0 aliphatic carbocycles. The van der Waals surface area contributed by atoms with Gasteiger partial charge in [0.1, 0.15) is 0 Å². The molecule has 0 radical (unpaired) electrons. The van der Waals surface area contributed by atoms with Crippen molar-refractivity contribution in [3.63, 3.8) is 0 Å². The first kappa shape index (κ1) is 13.2. The van der Waals surface area contributed by atoms with E-state index < -0.39 is 4.92 Å². The molecule has 1 aromatic rings. The van der Waals surface area contributed by atoms with Crippen LogP contribution < -0.4 is 11.1 Å². The molecule has 0 spiro atoms. The second-order valence-electron chi connectivity index (χ2n) is 4.22. The Hall–Kier alpha value is -1.82. The number of likely N-dealkylation sites (N-methyl/N-ethyl adjacent to an activating group) is 1. The Morgan fingerprint density at radius 2 is 2.18 bits per heavy atom. The maximum Gasteiger partial charge on any atom is 0.271 e. The average Bonchev–Trinajstić information content (AvgIpc) is 2.26. The van der Waals surface area contributed by atoms with Crippen LogP contribution in [-0.4, -0.2) is 36.5 Å². The molecular weight excluding hydrogens is 220 g/mol. The highest BCUT2D eigenvalue weighted by molar-refractivity contribution is 5.69. The van der Waals surface area contributed by atoms with E-state index in [1.54, 1.807) is 6.07 Å². The molecule has 17 heavy (non-hydrogen) atoms. The molecule has 94 valence electrons. The fourth-order valence-corrected chi connectivity index (χ4v) is 1.26. The topological polar surface area (TPSA) is 84.4 Å². The molecule has 0 saturated carbocycles. The van der Waals surface area contributed by atoms with Gasteiger partial charge in [0.25, 0.3) is 5.69 Å². The second kappa shape index (κ2) is 5.49. The van der Waals surface area contributed by atoms with Crippen LogP contribution in [0.1, 0.15) is 6.92 Å². The van der Waals surface area contributed by atoms with Gasteiger partial charge in [0.15, 0.2) is 0 Å². The number of rotatable bonds is 5. The molecule has 1 unspecified atom stereocenters. The number of anilines is 2. The molecule has 6 nitrogen and oxygen atoms in total. The van der Waals surface area contributed by atoms with E-state index in [0.29, 0.717) is 11.7 Å². The highest BCUT2D eigenvalue weighted by atomic mass is 16.6. The number of nitro groups is 1. The van der Waals surface area contributed by atoms with Crippen molar-refractivity contribution in [3.8, 4) is 0 Å². The summed E-state index contributed by atoms with van der Waals surface area (Å²) < 4.78 is 0. The summed E-state index contributed by atoms with van der Waals surface area (Å²) in [5.41, 5.74) is 6.87. The normalized spacial score (nSPS) is 12.5. The molecule has 1 atom stereocenters. The van der Waals surface area contributed by atoms with Gasteiger partial charge in [0.05, 0.1) is 16.3 Å². The fourth-order valence-electron chi connectivity index (χ4n) is 1.26. The Morgan fingerprint density at radius 1 is 1.53 bits per heavy atom. The number of nitrogens with zero attached hydrogens (tertiary/aromatic N) is 2. The lowest BCUT2D eigenvalue weighted by Crippen LogP contribution is -2.31. The molecule has 0 aromatic heterocycles. The van der Waals surface area contributed by atoms with Crippen molar-refractivity contribution in [2.45, 2.75) is 13.0 Å². The van der Waals surface area contributed by atoms with E-state index in [4.69, 9.17) is 5.73 Å². The largest absolute Gasteiger partial charge is 0.397 e. The van der Waals surface area contributed by atoms with E-state index in [-0.39, 0.29) is 5.69 Å². The first-order chi connectivity index (χ1) is 7.91. The molecule has 6 heteroatoms. The molecule has 0 aliphatic rings. The summed E-state index contributed by atoms with van der Waals surface area (Å²) in [4.78, 5) is 12.2. The summed E-state index contributed by atoms with van der Waals surface area (Å²) in [6.07, 6.45) is 0. The van der Waals surface area contributed by atoms with Crippen molar-refractivity contribution >= 4 is 17.1 Å². The lowest BCUT2D eigenvalue weighted by atomic mass is 10.2. The molecular formula is C11H18N4O2. The van der Waals surface area contributed by atoms with Crippen LogP contribution in [-0.2, 0) is 0 Å². The van der Waals surface area contributed by atoms with Crippen molar-refractivity contribution in [2.24, 2.45) is 0 Å². The van der Waals surface area contributed by atoms with E-state index in [1.165, 1.54) is 12.1 Å². The van der Waals surface area contributed by atoms with Gasteiger partial charge in [-0.15, -0.1) is 0 Å². The number of nitrogens with one attached hydrogen (secondary N) is 1. The van der Waals surface area contributed by atoms with Crippen LogP contribution in [0.5, 0.6) is 0 Å². The van der Waals surface area contributed by atoms with Crippen molar-refractivity contribution in [3.05, 3.63) is 28.3 Å². The van der Waals surface area contributed by atoms with Crippen LogP contribution in [0.15, 0.2) is 18.2 Å². The number of nitrogen functional groups attached to an aromatic ring is 1. The summed E-state index contributed by atoms with van der Waals surface area (Å²) in [6.45, 7) is 2.81.